The Balaban J connectivity index is 7.24. The van der Waals surface area contributed by atoms with Crippen molar-refractivity contribution in [3.05, 3.63) is 0 Å². The number of alkyl halides is 23. The quantitative estimate of drug-likeness (QED) is 0.262. The first-order chi connectivity index (χ1) is 16.8. The number of carboxylic acid groups (broad SMARTS) is 1. The number of halogens is 23. The van der Waals surface area contributed by atoms with E-state index >= 15 is 0 Å². The van der Waals surface area contributed by atoms with Crippen molar-refractivity contribution in [2.45, 2.75) is 66.5 Å². The summed E-state index contributed by atoms with van der Waals surface area (Å²) in [7, 11) is 0. The van der Waals surface area contributed by atoms with Crippen LogP contribution in [-0.4, -0.2) is 77.6 Å². The Hall–Kier alpha value is -2.26. The molecule has 0 saturated carbocycles. The van der Waals surface area contributed by atoms with Crippen LogP contribution in [-0.2, 0) is 19.0 Å². The molecule has 0 heterocycles. The molecule has 1 N–H and O–H groups in total. The largest absolute Gasteiger partial charge is 0.477 e. The van der Waals surface area contributed by atoms with Gasteiger partial charge in [-0.25, -0.2) is 4.79 Å². The van der Waals surface area contributed by atoms with Gasteiger partial charge < -0.3 is 5.11 Å². The first-order valence-corrected chi connectivity index (χ1v) is 8.00. The fraction of sp³-hybridized carbons (Fsp3) is 0.917. The highest BCUT2D eigenvalue weighted by molar-refractivity contribution is 5.76. The number of hydrogen-bond acceptors (Lipinski definition) is 4. The molecule has 0 spiro atoms. The molecule has 0 bridgehead atoms. The molecule has 240 valence electrons. The summed E-state index contributed by atoms with van der Waals surface area (Å²) in [4.78, 5) is 10.2. The van der Waals surface area contributed by atoms with Crippen molar-refractivity contribution in [1.82, 2.24) is 0 Å². The van der Waals surface area contributed by atoms with E-state index in [0.29, 0.717) is 0 Å². The number of aliphatic carboxylic acids is 1. The zero-order chi connectivity index (χ0) is 33.2. The van der Waals surface area contributed by atoms with Crippen molar-refractivity contribution >= 4 is 5.97 Å². The van der Waals surface area contributed by atoms with E-state index in [0.717, 1.165) is 9.47 Å². The van der Waals surface area contributed by atoms with Gasteiger partial charge in [-0.05, 0) is 0 Å². The van der Waals surface area contributed by atoms with Crippen molar-refractivity contribution in [1.29, 1.82) is 0 Å². The molecule has 5 nitrogen and oxygen atoms in total. The lowest BCUT2D eigenvalue weighted by Gasteiger charge is -2.42. The zero-order valence-electron chi connectivity index (χ0n) is 16.8. The smallest absolute Gasteiger partial charge is 0.462 e. The summed E-state index contributed by atoms with van der Waals surface area (Å²) < 4.78 is 300. The standard InChI is InChI=1S/C12HF23O5/c13-2(1(36)37,6(18,19)20)38-11(32,33)4(16,8(24,25)26)40-12(34,35)5(17,9(27,28)29)39-10(30,31)3(14,15)7(21,22)23/h(H,36,37)/t2-,4+,5+/m0/s1. The Morgan fingerprint density at radius 3 is 0.900 bits per heavy atom. The van der Waals surface area contributed by atoms with Crippen LogP contribution in [0.5, 0.6) is 0 Å². The van der Waals surface area contributed by atoms with Gasteiger partial charge in [0.05, 0.1) is 0 Å². The Bertz CT molecular complexity index is 930. The minimum Gasteiger partial charge on any atom is -0.477 e. The molecule has 0 aromatic carbocycles. The fourth-order valence-electron chi connectivity index (χ4n) is 1.68. The van der Waals surface area contributed by atoms with Crippen molar-refractivity contribution in [2.75, 3.05) is 0 Å². The summed E-state index contributed by atoms with van der Waals surface area (Å²) in [5.41, 5.74) is 0. The second kappa shape index (κ2) is 9.65. The van der Waals surface area contributed by atoms with Gasteiger partial charge >= 0.3 is 72.5 Å². The van der Waals surface area contributed by atoms with Crippen LogP contribution in [0.1, 0.15) is 0 Å². The van der Waals surface area contributed by atoms with Crippen LogP contribution in [0.2, 0.25) is 0 Å². The van der Waals surface area contributed by atoms with Gasteiger partial charge in [-0.15, -0.1) is 0 Å². The Kier molecular flexibility index (Phi) is 9.10. The molecule has 0 aliphatic rings. The topological polar surface area (TPSA) is 65.0 Å². The third-order valence-electron chi connectivity index (χ3n) is 3.65. The summed E-state index contributed by atoms with van der Waals surface area (Å²) in [5.74, 6) is -37.4. The molecule has 0 unspecified atom stereocenters. The van der Waals surface area contributed by atoms with Crippen LogP contribution in [0.25, 0.3) is 0 Å². The first kappa shape index (κ1) is 37.7. The van der Waals surface area contributed by atoms with E-state index in [1.54, 1.807) is 0 Å². The monoisotopic (exact) mass is 662 g/mol. The fourth-order valence-corrected chi connectivity index (χ4v) is 1.68. The second-order valence-electron chi connectivity index (χ2n) is 6.51. The Labute approximate surface area is 199 Å². The van der Waals surface area contributed by atoms with Crippen LogP contribution in [0.4, 0.5) is 101 Å². The molecule has 3 atom stereocenters. The van der Waals surface area contributed by atoms with E-state index < -0.39 is 72.5 Å². The number of ether oxygens (including phenoxy) is 3. The first-order valence-electron chi connectivity index (χ1n) is 8.00. The van der Waals surface area contributed by atoms with E-state index in [1.165, 1.54) is 4.74 Å². The maximum atomic E-state index is 14.0. The van der Waals surface area contributed by atoms with Crippen molar-refractivity contribution in [3.8, 4) is 0 Å². The summed E-state index contributed by atoms with van der Waals surface area (Å²) in [5, 5.41) is 7.92. The normalized spacial score (nSPS) is 20.0. The molecule has 0 amide bonds. The molecule has 0 fully saturated rings. The Morgan fingerprint density at radius 2 is 0.675 bits per heavy atom. The molecule has 0 aromatic heterocycles. The summed E-state index contributed by atoms with van der Waals surface area (Å²) in [6, 6.07) is 0. The molecule has 0 aromatic rings. The summed E-state index contributed by atoms with van der Waals surface area (Å²) in [6.07, 6.45) is -57.8. The average molecular weight is 662 g/mol. The molecule has 28 heteroatoms. The van der Waals surface area contributed by atoms with Crippen LogP contribution < -0.4 is 0 Å². The number of rotatable bonds is 10. The molecule has 0 aliphatic carbocycles. The molecule has 0 radical (unpaired) electrons. The van der Waals surface area contributed by atoms with Crippen molar-refractivity contribution in [3.63, 3.8) is 0 Å². The van der Waals surface area contributed by atoms with E-state index in [-0.39, 0.29) is 0 Å². The van der Waals surface area contributed by atoms with Crippen LogP contribution in [0.15, 0.2) is 0 Å². The number of carbonyl (C=O) groups is 1. The third kappa shape index (κ3) is 6.01. The highest BCUT2D eigenvalue weighted by atomic mass is 19.4. The van der Waals surface area contributed by atoms with Crippen LogP contribution in [0.3, 0.4) is 0 Å². The highest BCUT2D eigenvalue weighted by Gasteiger charge is 2.88. The lowest BCUT2D eigenvalue weighted by molar-refractivity contribution is -0.578. The van der Waals surface area contributed by atoms with Gasteiger partial charge in [0.1, 0.15) is 0 Å². The van der Waals surface area contributed by atoms with Gasteiger partial charge in [-0.2, -0.15) is 101 Å². The van der Waals surface area contributed by atoms with E-state index in [4.69, 9.17) is 5.11 Å². The maximum absolute atomic E-state index is 14.0. The zero-order valence-corrected chi connectivity index (χ0v) is 16.8. The van der Waals surface area contributed by atoms with Gasteiger partial charge in [0.25, 0.3) is 0 Å². The van der Waals surface area contributed by atoms with Gasteiger partial charge in [-0.1, -0.05) is 0 Å². The molecule has 0 rings (SSSR count). The SMILES string of the molecule is O=C(O)[C@](F)(OC(F)(F)[C@](F)(OC(F)(F)[C@](F)(OC(F)(F)C(F)(F)C(F)(F)F)C(F)(F)F)C(F)(F)F)C(F)(F)F. The van der Waals surface area contributed by atoms with Crippen LogP contribution >= 0.6 is 0 Å². The van der Waals surface area contributed by atoms with E-state index in [1.807, 2.05) is 0 Å². The molecule has 0 saturated heterocycles. The highest BCUT2D eigenvalue weighted by Crippen LogP contribution is 2.59. The third-order valence-corrected chi connectivity index (χ3v) is 3.65. The molecular weight excluding hydrogens is 661 g/mol. The lowest BCUT2D eigenvalue weighted by atomic mass is 10.2. The number of hydrogen-bond donors (Lipinski definition) is 1. The summed E-state index contributed by atoms with van der Waals surface area (Å²) >= 11 is 0. The van der Waals surface area contributed by atoms with E-state index in [2.05, 4.69) is 0 Å². The number of carboxylic acids is 1. The molecule has 40 heavy (non-hydrogen) atoms. The average Bonchev–Trinajstić information content (AvgIpc) is 2.62. The van der Waals surface area contributed by atoms with Crippen molar-refractivity contribution in [2.24, 2.45) is 0 Å². The predicted octanol–water partition coefficient (Wildman–Crippen LogP) is 6.78. The van der Waals surface area contributed by atoms with Gasteiger partial charge in [0.2, 0.25) is 0 Å². The van der Waals surface area contributed by atoms with Gasteiger partial charge in [0, 0.05) is 0 Å². The molecular formula is C12HF23O5. The van der Waals surface area contributed by atoms with E-state index in [9.17, 15) is 106 Å². The minimum atomic E-state index is -8.77. The Morgan fingerprint density at radius 1 is 0.400 bits per heavy atom. The maximum Gasteiger partial charge on any atom is 0.462 e. The lowest BCUT2D eigenvalue weighted by Crippen LogP contribution is -2.70. The second-order valence-corrected chi connectivity index (χ2v) is 6.51. The van der Waals surface area contributed by atoms with Gasteiger partial charge in [0.15, 0.2) is 0 Å². The minimum absolute atomic E-state index is 0.973. The molecule has 0 aliphatic heterocycles. The van der Waals surface area contributed by atoms with Crippen molar-refractivity contribution < 1.29 is 125 Å². The van der Waals surface area contributed by atoms with Gasteiger partial charge in [-0.3, -0.25) is 14.2 Å². The van der Waals surface area contributed by atoms with Crippen LogP contribution in [0, 0.1) is 0 Å². The summed E-state index contributed by atoms with van der Waals surface area (Å²) in [6.45, 7) is 0. The predicted molar refractivity (Wildman–Crippen MR) is 66.4 cm³/mol.